The lowest BCUT2D eigenvalue weighted by Gasteiger charge is -2.12. The average molecular weight is 279 g/mol. The number of carbonyl (C=O) groups excluding carboxylic acids is 2. The average Bonchev–Trinajstić information content (AvgIpc) is 2.87. The van der Waals surface area contributed by atoms with Crippen molar-refractivity contribution in [2.45, 2.75) is 6.92 Å². The first kappa shape index (κ1) is 13.2. The van der Waals surface area contributed by atoms with Crippen LogP contribution >= 0.6 is 0 Å². The number of hydrogen-bond acceptors (Lipinski definition) is 4. The van der Waals surface area contributed by atoms with E-state index in [9.17, 15) is 9.59 Å². The minimum absolute atomic E-state index is 0.233. The van der Waals surface area contributed by atoms with E-state index in [2.05, 4.69) is 10.1 Å². The molecule has 0 N–H and O–H groups in total. The molecule has 5 nitrogen and oxygen atoms in total. The summed E-state index contributed by atoms with van der Waals surface area (Å²) >= 11 is 0. The number of nitrogens with zero attached hydrogens (tertiary/aromatic N) is 3. The van der Waals surface area contributed by atoms with Crippen LogP contribution < -0.4 is 5.01 Å². The fraction of sp³-hybridized carbons (Fsp3) is 0.125. The van der Waals surface area contributed by atoms with Gasteiger partial charge in [0.25, 0.3) is 5.91 Å². The van der Waals surface area contributed by atoms with Crippen LogP contribution in [-0.4, -0.2) is 22.4 Å². The minimum Gasteiger partial charge on any atom is -0.299 e. The van der Waals surface area contributed by atoms with Crippen molar-refractivity contribution >= 4 is 23.1 Å². The predicted molar refractivity (Wildman–Crippen MR) is 78.9 cm³/mol. The molecule has 1 amide bonds. The van der Waals surface area contributed by atoms with E-state index >= 15 is 0 Å². The predicted octanol–water partition coefficient (Wildman–Crippen LogP) is 2.04. The lowest BCUT2D eigenvalue weighted by molar-refractivity contribution is -0.127. The minimum atomic E-state index is -0.889. The molecule has 0 fully saturated rings. The molecule has 0 saturated carbocycles. The van der Waals surface area contributed by atoms with Crippen LogP contribution in [0.5, 0.6) is 0 Å². The molecular formula is C16H13N3O2. The number of pyridine rings is 1. The fourth-order valence-electron chi connectivity index (χ4n) is 2.29. The van der Waals surface area contributed by atoms with Gasteiger partial charge in [0, 0.05) is 6.20 Å². The van der Waals surface area contributed by atoms with E-state index in [0.717, 1.165) is 0 Å². The molecule has 21 heavy (non-hydrogen) atoms. The van der Waals surface area contributed by atoms with E-state index < -0.39 is 5.92 Å². The molecule has 0 bridgehead atoms. The zero-order valence-electron chi connectivity index (χ0n) is 11.4. The highest BCUT2D eigenvalue weighted by Gasteiger charge is 2.40. The Morgan fingerprint density at radius 1 is 1.10 bits per heavy atom. The molecule has 0 saturated heterocycles. The van der Waals surface area contributed by atoms with E-state index in [4.69, 9.17) is 0 Å². The monoisotopic (exact) mass is 279 g/mol. The first-order chi connectivity index (χ1) is 10.2. The fourth-order valence-corrected chi connectivity index (χ4v) is 2.29. The molecule has 1 aliphatic rings. The molecule has 0 aliphatic carbocycles. The summed E-state index contributed by atoms with van der Waals surface area (Å²) in [6, 6.07) is 14.4. The van der Waals surface area contributed by atoms with Crippen LogP contribution in [-0.2, 0) is 9.59 Å². The third-order valence-electron chi connectivity index (χ3n) is 3.27. The van der Waals surface area contributed by atoms with Crippen molar-refractivity contribution in [3.8, 4) is 0 Å². The second-order valence-corrected chi connectivity index (χ2v) is 4.73. The number of hydrogen-bond donors (Lipinski definition) is 0. The zero-order chi connectivity index (χ0) is 14.8. The van der Waals surface area contributed by atoms with Crippen molar-refractivity contribution < 1.29 is 9.59 Å². The van der Waals surface area contributed by atoms with Crippen molar-refractivity contribution in [2.75, 3.05) is 5.01 Å². The number of ketones is 1. The number of amides is 1. The van der Waals surface area contributed by atoms with Gasteiger partial charge in [0.2, 0.25) is 0 Å². The van der Waals surface area contributed by atoms with Gasteiger partial charge in [-0.1, -0.05) is 24.3 Å². The second-order valence-electron chi connectivity index (χ2n) is 4.73. The van der Waals surface area contributed by atoms with E-state index in [0.29, 0.717) is 17.1 Å². The molecule has 1 atom stereocenters. The highest BCUT2D eigenvalue weighted by atomic mass is 16.2. The maximum atomic E-state index is 12.5. The number of carbonyl (C=O) groups is 2. The SMILES string of the molecule is CC(=O)C1C(=O)N(c2ccccc2)N=C1c1ccccn1. The third kappa shape index (κ3) is 2.33. The third-order valence-corrected chi connectivity index (χ3v) is 3.27. The molecule has 0 radical (unpaired) electrons. The summed E-state index contributed by atoms with van der Waals surface area (Å²) in [5, 5.41) is 5.60. The normalized spacial score (nSPS) is 17.8. The number of rotatable bonds is 3. The molecule has 1 aliphatic heterocycles. The van der Waals surface area contributed by atoms with Crippen LogP contribution in [0.15, 0.2) is 59.8 Å². The van der Waals surface area contributed by atoms with E-state index in [-0.39, 0.29) is 11.7 Å². The second kappa shape index (κ2) is 5.28. The van der Waals surface area contributed by atoms with Crippen LogP contribution in [0.4, 0.5) is 5.69 Å². The van der Waals surface area contributed by atoms with Crippen LogP contribution in [0.1, 0.15) is 12.6 Å². The van der Waals surface area contributed by atoms with E-state index in [1.807, 2.05) is 18.2 Å². The van der Waals surface area contributed by atoms with Crippen molar-refractivity contribution in [1.29, 1.82) is 0 Å². The first-order valence-electron chi connectivity index (χ1n) is 6.58. The lowest BCUT2D eigenvalue weighted by Crippen LogP contribution is -2.32. The van der Waals surface area contributed by atoms with E-state index in [1.165, 1.54) is 11.9 Å². The van der Waals surface area contributed by atoms with Crippen molar-refractivity contribution in [3.63, 3.8) is 0 Å². The maximum absolute atomic E-state index is 12.5. The number of hydrazone groups is 1. The molecule has 0 spiro atoms. The number of para-hydroxylation sites is 1. The largest absolute Gasteiger partial charge is 0.299 e. The van der Waals surface area contributed by atoms with Gasteiger partial charge in [-0.2, -0.15) is 10.1 Å². The molecule has 1 aromatic heterocycles. The quantitative estimate of drug-likeness (QED) is 0.808. The Balaban J connectivity index is 2.07. The van der Waals surface area contributed by atoms with Crippen molar-refractivity contribution in [1.82, 2.24) is 4.98 Å². The first-order valence-corrected chi connectivity index (χ1v) is 6.58. The van der Waals surface area contributed by atoms with Gasteiger partial charge in [0.05, 0.1) is 11.4 Å². The van der Waals surface area contributed by atoms with Crippen molar-refractivity contribution in [3.05, 3.63) is 60.4 Å². The van der Waals surface area contributed by atoms with E-state index in [1.54, 1.807) is 36.5 Å². The summed E-state index contributed by atoms with van der Waals surface area (Å²) in [6.07, 6.45) is 1.62. The van der Waals surface area contributed by atoms with Gasteiger partial charge in [0.1, 0.15) is 17.4 Å². The summed E-state index contributed by atoms with van der Waals surface area (Å²) in [5.41, 5.74) is 1.58. The molecule has 1 unspecified atom stereocenters. The standard InChI is InChI=1S/C16H13N3O2/c1-11(20)14-15(13-9-5-6-10-17-13)18-19(16(14)21)12-7-3-2-4-8-12/h2-10,14H,1H3. The van der Waals surface area contributed by atoms with Crippen LogP contribution in [0.25, 0.3) is 0 Å². The van der Waals surface area contributed by atoms with Gasteiger partial charge in [0.15, 0.2) is 0 Å². The van der Waals surface area contributed by atoms with Gasteiger partial charge >= 0.3 is 0 Å². The highest BCUT2D eigenvalue weighted by molar-refractivity contribution is 6.31. The molecule has 2 heterocycles. The Bertz CT molecular complexity index is 711. The Labute approximate surface area is 121 Å². The number of anilines is 1. The summed E-state index contributed by atoms with van der Waals surface area (Å²) < 4.78 is 0. The molecule has 3 rings (SSSR count). The molecule has 5 heteroatoms. The molecule has 1 aromatic carbocycles. The van der Waals surface area contributed by atoms with Gasteiger partial charge in [-0.05, 0) is 31.2 Å². The maximum Gasteiger partial charge on any atom is 0.264 e. The summed E-state index contributed by atoms with van der Waals surface area (Å²) in [5.74, 6) is -1.46. The van der Waals surface area contributed by atoms with Crippen LogP contribution in [0.2, 0.25) is 0 Å². The molecule has 2 aromatic rings. The summed E-state index contributed by atoms with van der Waals surface area (Å²) in [7, 11) is 0. The van der Waals surface area contributed by atoms with Crippen molar-refractivity contribution in [2.24, 2.45) is 11.0 Å². The topological polar surface area (TPSA) is 62.6 Å². The highest BCUT2D eigenvalue weighted by Crippen LogP contribution is 2.26. The summed E-state index contributed by atoms with van der Waals surface area (Å²) in [6.45, 7) is 1.40. The summed E-state index contributed by atoms with van der Waals surface area (Å²) in [4.78, 5) is 28.5. The zero-order valence-corrected chi connectivity index (χ0v) is 11.4. The number of Topliss-reactive ketones (excluding diaryl/α,β-unsaturated/α-hetero) is 1. The Hall–Kier alpha value is -2.82. The van der Waals surface area contributed by atoms with Gasteiger partial charge < -0.3 is 0 Å². The Kier molecular flexibility index (Phi) is 3.31. The van der Waals surface area contributed by atoms with Crippen LogP contribution in [0.3, 0.4) is 0 Å². The Morgan fingerprint density at radius 2 is 1.81 bits per heavy atom. The van der Waals surface area contributed by atoms with Gasteiger partial charge in [-0.3, -0.25) is 14.6 Å². The number of aromatic nitrogens is 1. The Morgan fingerprint density at radius 3 is 2.43 bits per heavy atom. The molecular weight excluding hydrogens is 266 g/mol. The van der Waals surface area contributed by atoms with Gasteiger partial charge in [-0.15, -0.1) is 0 Å². The van der Waals surface area contributed by atoms with Gasteiger partial charge in [-0.25, -0.2) is 0 Å². The smallest absolute Gasteiger partial charge is 0.264 e. The van der Waals surface area contributed by atoms with Crippen LogP contribution in [0, 0.1) is 5.92 Å². The number of benzene rings is 1. The molecule has 104 valence electrons. The lowest BCUT2D eigenvalue weighted by atomic mass is 9.96.